The molecule has 0 aromatic carbocycles. The summed E-state index contributed by atoms with van der Waals surface area (Å²) in [5.74, 6) is 0.850. The number of methoxy groups -OCH3 is 1. The lowest BCUT2D eigenvalue weighted by Gasteiger charge is -2.31. The molecule has 1 saturated carbocycles. The molecule has 0 aromatic heterocycles. The number of hydrogen-bond acceptors (Lipinski definition) is 4. The lowest BCUT2D eigenvalue weighted by molar-refractivity contribution is 0.0624. The third-order valence-corrected chi connectivity index (χ3v) is 3.49. The fraction of sp³-hybridized carbons (Fsp3) is 1.00. The number of rotatable bonds is 10. The van der Waals surface area contributed by atoms with Crippen LogP contribution in [0.1, 0.15) is 33.6 Å². The van der Waals surface area contributed by atoms with Crippen LogP contribution in [0, 0.1) is 5.92 Å². The normalized spacial score (nSPS) is 18.0. The van der Waals surface area contributed by atoms with Gasteiger partial charge in [-0.3, -0.25) is 4.90 Å². The van der Waals surface area contributed by atoms with E-state index >= 15 is 0 Å². The molecule has 0 saturated heterocycles. The first kappa shape index (κ1) is 16.9. The van der Waals surface area contributed by atoms with E-state index in [0.29, 0.717) is 6.04 Å². The number of nitrogens with one attached hydrogen (secondary N) is 1. The third kappa shape index (κ3) is 8.58. The molecule has 1 aliphatic rings. The molecule has 114 valence electrons. The van der Waals surface area contributed by atoms with Crippen molar-refractivity contribution in [3.63, 3.8) is 0 Å². The summed E-state index contributed by atoms with van der Waals surface area (Å²) in [6, 6.07) is 0.397. The van der Waals surface area contributed by atoms with E-state index in [2.05, 4.69) is 38.0 Å². The maximum absolute atomic E-state index is 5.70. The zero-order valence-electron chi connectivity index (χ0n) is 13.4. The van der Waals surface area contributed by atoms with Crippen molar-refractivity contribution in [3.8, 4) is 0 Å². The van der Waals surface area contributed by atoms with Crippen molar-refractivity contribution in [3.05, 3.63) is 0 Å². The molecule has 0 bridgehead atoms. The van der Waals surface area contributed by atoms with Crippen molar-refractivity contribution >= 4 is 0 Å². The molecule has 0 amide bonds. The predicted molar refractivity (Wildman–Crippen MR) is 79.6 cm³/mol. The molecule has 0 heterocycles. The third-order valence-electron chi connectivity index (χ3n) is 3.49. The van der Waals surface area contributed by atoms with Gasteiger partial charge in [0.25, 0.3) is 0 Å². The van der Waals surface area contributed by atoms with Crippen LogP contribution in [0.4, 0.5) is 0 Å². The van der Waals surface area contributed by atoms with E-state index < -0.39 is 0 Å². The lowest BCUT2D eigenvalue weighted by atomic mass is 10.1. The summed E-state index contributed by atoms with van der Waals surface area (Å²) in [5.41, 5.74) is 0.148. The van der Waals surface area contributed by atoms with Crippen LogP contribution in [0.5, 0.6) is 0 Å². The summed E-state index contributed by atoms with van der Waals surface area (Å²) in [6.07, 6.45) is 2.72. The first-order valence-corrected chi connectivity index (χ1v) is 7.44. The Bertz CT molecular complexity index is 237. The topological polar surface area (TPSA) is 33.7 Å². The highest BCUT2D eigenvalue weighted by Crippen LogP contribution is 2.28. The number of likely N-dealkylation sites (N-methyl/N-ethyl adjacent to an activating group) is 1. The molecule has 0 spiro atoms. The monoisotopic (exact) mass is 272 g/mol. The van der Waals surface area contributed by atoms with E-state index in [4.69, 9.17) is 9.47 Å². The van der Waals surface area contributed by atoms with Gasteiger partial charge in [-0.05, 0) is 46.6 Å². The number of hydrogen-bond donors (Lipinski definition) is 1. The van der Waals surface area contributed by atoms with E-state index in [0.717, 1.165) is 38.8 Å². The SMILES string of the molecule is COCC(CNC(C)(C)C)N(C)CCOCC1CC1. The summed E-state index contributed by atoms with van der Waals surface area (Å²) in [5, 5.41) is 3.54. The van der Waals surface area contributed by atoms with Crippen LogP contribution in [0.15, 0.2) is 0 Å². The molecular formula is C15H32N2O2. The van der Waals surface area contributed by atoms with Crippen molar-refractivity contribution in [1.82, 2.24) is 10.2 Å². The van der Waals surface area contributed by atoms with Gasteiger partial charge in [-0.25, -0.2) is 0 Å². The summed E-state index contributed by atoms with van der Waals surface area (Å²) in [4.78, 5) is 2.33. The minimum absolute atomic E-state index is 0.148. The largest absolute Gasteiger partial charge is 0.383 e. The van der Waals surface area contributed by atoms with Gasteiger partial charge in [0.15, 0.2) is 0 Å². The molecule has 4 nitrogen and oxygen atoms in total. The smallest absolute Gasteiger partial charge is 0.0630 e. The van der Waals surface area contributed by atoms with Crippen LogP contribution in [0.3, 0.4) is 0 Å². The number of ether oxygens (including phenoxy) is 2. The number of nitrogens with zero attached hydrogens (tertiary/aromatic N) is 1. The quantitative estimate of drug-likeness (QED) is 0.614. The molecular weight excluding hydrogens is 240 g/mol. The maximum atomic E-state index is 5.70. The second-order valence-electron chi connectivity index (χ2n) is 6.74. The highest BCUT2D eigenvalue weighted by Gasteiger charge is 2.21. The zero-order chi connectivity index (χ0) is 14.3. The molecule has 1 rings (SSSR count). The van der Waals surface area contributed by atoms with Gasteiger partial charge in [0, 0.05) is 38.4 Å². The van der Waals surface area contributed by atoms with Crippen LogP contribution < -0.4 is 5.32 Å². The van der Waals surface area contributed by atoms with Gasteiger partial charge in [-0.2, -0.15) is 0 Å². The summed E-state index contributed by atoms with van der Waals surface area (Å²) in [7, 11) is 3.91. The Hall–Kier alpha value is -0.160. The van der Waals surface area contributed by atoms with Crippen molar-refractivity contribution in [2.45, 2.75) is 45.2 Å². The standard InChI is InChI=1S/C15H32N2O2/c1-15(2,3)16-10-14(12-18-5)17(4)8-9-19-11-13-6-7-13/h13-14,16H,6-12H2,1-5H3. The lowest BCUT2D eigenvalue weighted by Crippen LogP contribution is -2.49. The summed E-state index contributed by atoms with van der Waals surface area (Å²) in [6.45, 7) is 11.0. The second-order valence-corrected chi connectivity index (χ2v) is 6.74. The van der Waals surface area contributed by atoms with Gasteiger partial charge < -0.3 is 14.8 Å². The van der Waals surface area contributed by atoms with E-state index in [1.165, 1.54) is 12.8 Å². The van der Waals surface area contributed by atoms with Crippen LogP contribution in [-0.4, -0.2) is 63.5 Å². The van der Waals surface area contributed by atoms with E-state index in [-0.39, 0.29) is 5.54 Å². The highest BCUT2D eigenvalue weighted by atomic mass is 16.5. The van der Waals surface area contributed by atoms with Gasteiger partial charge in [0.2, 0.25) is 0 Å². The Morgan fingerprint density at radius 1 is 1.32 bits per heavy atom. The van der Waals surface area contributed by atoms with Crippen LogP contribution in [-0.2, 0) is 9.47 Å². The maximum Gasteiger partial charge on any atom is 0.0630 e. The molecule has 1 N–H and O–H groups in total. The fourth-order valence-corrected chi connectivity index (χ4v) is 1.88. The molecule has 19 heavy (non-hydrogen) atoms. The molecule has 1 atom stereocenters. The van der Waals surface area contributed by atoms with Crippen molar-refractivity contribution in [2.75, 3.05) is 47.1 Å². The van der Waals surface area contributed by atoms with Gasteiger partial charge in [-0.1, -0.05) is 0 Å². The Labute approximate surface area is 118 Å². The van der Waals surface area contributed by atoms with Crippen molar-refractivity contribution in [1.29, 1.82) is 0 Å². The molecule has 1 fully saturated rings. The first-order valence-electron chi connectivity index (χ1n) is 7.44. The van der Waals surface area contributed by atoms with Crippen LogP contribution >= 0.6 is 0 Å². The Kier molecular flexibility index (Phi) is 7.29. The second kappa shape index (κ2) is 8.20. The molecule has 4 heteroatoms. The van der Waals surface area contributed by atoms with Gasteiger partial charge in [-0.15, -0.1) is 0 Å². The molecule has 0 radical (unpaired) electrons. The first-order chi connectivity index (χ1) is 8.92. The van der Waals surface area contributed by atoms with E-state index in [9.17, 15) is 0 Å². The van der Waals surface area contributed by atoms with Gasteiger partial charge in [0.1, 0.15) is 0 Å². The molecule has 0 aliphatic heterocycles. The Morgan fingerprint density at radius 2 is 2.00 bits per heavy atom. The van der Waals surface area contributed by atoms with Crippen molar-refractivity contribution < 1.29 is 9.47 Å². The highest BCUT2D eigenvalue weighted by molar-refractivity contribution is 4.78. The zero-order valence-corrected chi connectivity index (χ0v) is 13.4. The van der Waals surface area contributed by atoms with Crippen molar-refractivity contribution in [2.24, 2.45) is 5.92 Å². The fourth-order valence-electron chi connectivity index (χ4n) is 1.88. The Morgan fingerprint density at radius 3 is 2.53 bits per heavy atom. The van der Waals surface area contributed by atoms with E-state index in [1.807, 2.05) is 0 Å². The summed E-state index contributed by atoms with van der Waals surface area (Å²) < 4.78 is 11.0. The average molecular weight is 272 g/mol. The van der Waals surface area contributed by atoms with E-state index in [1.54, 1.807) is 7.11 Å². The minimum atomic E-state index is 0.148. The van der Waals surface area contributed by atoms with Crippen LogP contribution in [0.2, 0.25) is 0 Å². The predicted octanol–water partition coefficient (Wildman–Crippen LogP) is 1.75. The molecule has 0 aromatic rings. The Balaban J connectivity index is 2.19. The summed E-state index contributed by atoms with van der Waals surface area (Å²) >= 11 is 0. The minimum Gasteiger partial charge on any atom is -0.383 e. The van der Waals surface area contributed by atoms with Crippen LogP contribution in [0.25, 0.3) is 0 Å². The van der Waals surface area contributed by atoms with Gasteiger partial charge >= 0.3 is 0 Å². The van der Waals surface area contributed by atoms with Gasteiger partial charge in [0.05, 0.1) is 13.2 Å². The molecule has 1 unspecified atom stereocenters. The molecule has 1 aliphatic carbocycles. The average Bonchev–Trinajstić information content (AvgIpc) is 3.12.